The number of carbonyl (C=O) groups is 2. The Hall–Kier alpha value is -2.90. The number of nitrogens with one attached hydrogen (secondary N) is 3. The fourth-order valence-corrected chi connectivity index (χ4v) is 2.74. The van der Waals surface area contributed by atoms with Crippen LogP contribution >= 0.6 is 0 Å². The van der Waals surface area contributed by atoms with Gasteiger partial charge in [0.15, 0.2) is 5.82 Å². The number of nitrogens with zero attached hydrogens (tertiary/aromatic N) is 2. The van der Waals surface area contributed by atoms with Crippen molar-refractivity contribution in [1.29, 1.82) is 0 Å². The Morgan fingerprint density at radius 3 is 2.73 bits per heavy atom. The number of aromatic amines is 1. The van der Waals surface area contributed by atoms with Crippen molar-refractivity contribution in [3.05, 3.63) is 47.5 Å². The molecule has 1 unspecified atom stereocenters. The van der Waals surface area contributed by atoms with E-state index in [0.29, 0.717) is 24.6 Å². The summed E-state index contributed by atoms with van der Waals surface area (Å²) in [4.78, 5) is 27.4. The fourth-order valence-electron chi connectivity index (χ4n) is 2.74. The zero-order valence-electron chi connectivity index (χ0n) is 14.4. The molecule has 0 aliphatic heterocycles. The van der Waals surface area contributed by atoms with Crippen LogP contribution in [0, 0.1) is 0 Å². The smallest absolute Gasteiger partial charge is 0.315 e. The highest BCUT2D eigenvalue weighted by atomic mass is 16.4. The molecule has 0 radical (unpaired) electrons. The van der Waals surface area contributed by atoms with Gasteiger partial charge in [0.05, 0.1) is 6.54 Å². The van der Waals surface area contributed by atoms with E-state index in [9.17, 15) is 9.59 Å². The highest BCUT2D eigenvalue weighted by Gasteiger charge is 2.27. The van der Waals surface area contributed by atoms with E-state index in [1.165, 1.54) is 0 Å². The van der Waals surface area contributed by atoms with Gasteiger partial charge in [-0.25, -0.2) is 9.78 Å². The molecule has 2 aromatic rings. The highest BCUT2D eigenvalue weighted by Crippen LogP contribution is 2.37. The third kappa shape index (κ3) is 5.58. The summed E-state index contributed by atoms with van der Waals surface area (Å²) in [7, 11) is 0. The molecule has 3 rings (SSSR count). The van der Waals surface area contributed by atoms with Crippen molar-refractivity contribution in [2.24, 2.45) is 0 Å². The molecule has 8 heteroatoms. The molecule has 1 aliphatic rings. The second kappa shape index (κ2) is 8.46. The van der Waals surface area contributed by atoms with E-state index in [4.69, 9.17) is 5.11 Å². The van der Waals surface area contributed by atoms with E-state index in [-0.39, 0.29) is 25.0 Å². The maximum atomic E-state index is 12.2. The minimum absolute atomic E-state index is 0.00460. The number of hydrogen-bond acceptors (Lipinski definition) is 4. The minimum atomic E-state index is -0.875. The van der Waals surface area contributed by atoms with Crippen LogP contribution in [0.2, 0.25) is 0 Å². The molecule has 1 aromatic heterocycles. The molecule has 1 aromatic carbocycles. The molecule has 4 N–H and O–H groups in total. The molecular weight excluding hydrogens is 334 g/mol. The van der Waals surface area contributed by atoms with E-state index >= 15 is 0 Å². The topological polar surface area (TPSA) is 120 Å². The predicted molar refractivity (Wildman–Crippen MR) is 94.5 cm³/mol. The number of benzene rings is 1. The quantitative estimate of drug-likeness (QED) is 0.547. The predicted octanol–water partition coefficient (Wildman–Crippen LogP) is 1.96. The summed E-state index contributed by atoms with van der Waals surface area (Å²) >= 11 is 0. The van der Waals surface area contributed by atoms with E-state index < -0.39 is 5.97 Å². The number of aliphatic carboxylic acids is 1. The van der Waals surface area contributed by atoms with Crippen LogP contribution in [0.3, 0.4) is 0 Å². The minimum Gasteiger partial charge on any atom is -0.481 e. The second-order valence-electron chi connectivity index (χ2n) is 6.56. The molecular formula is C18H23N5O3. The van der Waals surface area contributed by atoms with Gasteiger partial charge in [0, 0.05) is 18.4 Å². The van der Waals surface area contributed by atoms with Crippen molar-refractivity contribution in [3.8, 4) is 0 Å². The average Bonchev–Trinajstić information content (AvgIpc) is 3.37. The normalized spacial score (nSPS) is 14.6. The van der Waals surface area contributed by atoms with Gasteiger partial charge in [-0.1, -0.05) is 30.3 Å². The summed E-state index contributed by atoms with van der Waals surface area (Å²) in [6.07, 6.45) is 3.19. The maximum Gasteiger partial charge on any atom is 0.315 e. The lowest BCUT2D eigenvalue weighted by Crippen LogP contribution is -2.43. The summed E-state index contributed by atoms with van der Waals surface area (Å²) in [5, 5.41) is 21.5. The molecule has 0 saturated heterocycles. The van der Waals surface area contributed by atoms with E-state index in [2.05, 4.69) is 25.8 Å². The summed E-state index contributed by atoms with van der Waals surface area (Å²) in [6, 6.07) is 9.08. The van der Waals surface area contributed by atoms with Crippen LogP contribution in [0.25, 0.3) is 0 Å². The summed E-state index contributed by atoms with van der Waals surface area (Å²) < 4.78 is 0. The first kappa shape index (κ1) is 17.9. The van der Waals surface area contributed by atoms with Crippen molar-refractivity contribution in [2.75, 3.05) is 0 Å². The van der Waals surface area contributed by atoms with Crippen LogP contribution in [0.1, 0.15) is 48.8 Å². The van der Waals surface area contributed by atoms with E-state index in [0.717, 1.165) is 24.2 Å². The summed E-state index contributed by atoms with van der Waals surface area (Å²) in [5.41, 5.74) is 1.05. The number of hydrogen-bond donors (Lipinski definition) is 4. The monoisotopic (exact) mass is 357 g/mol. The Morgan fingerprint density at radius 1 is 1.27 bits per heavy atom. The highest BCUT2D eigenvalue weighted by molar-refractivity contribution is 5.74. The lowest BCUT2D eigenvalue weighted by Gasteiger charge is -2.18. The number of carboxylic acids is 1. The van der Waals surface area contributed by atoms with Gasteiger partial charge in [0.1, 0.15) is 5.82 Å². The van der Waals surface area contributed by atoms with Crippen LogP contribution in [0.4, 0.5) is 4.79 Å². The van der Waals surface area contributed by atoms with Gasteiger partial charge in [-0.2, -0.15) is 5.10 Å². The lowest BCUT2D eigenvalue weighted by molar-refractivity contribution is -0.137. The molecule has 26 heavy (non-hydrogen) atoms. The van der Waals surface area contributed by atoms with Gasteiger partial charge < -0.3 is 15.7 Å². The zero-order valence-corrected chi connectivity index (χ0v) is 14.4. The molecule has 2 amide bonds. The Bertz CT molecular complexity index is 742. The average molecular weight is 357 g/mol. The number of amides is 2. The van der Waals surface area contributed by atoms with E-state index in [1.54, 1.807) is 0 Å². The molecule has 0 bridgehead atoms. The fraction of sp³-hybridized carbons (Fsp3) is 0.444. The van der Waals surface area contributed by atoms with Crippen LogP contribution in [0.15, 0.2) is 30.3 Å². The van der Waals surface area contributed by atoms with Crippen LogP contribution in [-0.2, 0) is 17.8 Å². The van der Waals surface area contributed by atoms with Crippen LogP contribution < -0.4 is 10.6 Å². The number of carbonyl (C=O) groups excluding carboxylic acids is 1. The van der Waals surface area contributed by atoms with E-state index in [1.807, 2.05) is 30.3 Å². The first-order chi connectivity index (χ1) is 12.6. The Morgan fingerprint density at radius 2 is 2.04 bits per heavy atom. The van der Waals surface area contributed by atoms with Gasteiger partial charge in [-0.3, -0.25) is 9.89 Å². The molecule has 1 fully saturated rings. The third-order valence-corrected chi connectivity index (χ3v) is 4.27. The Kier molecular flexibility index (Phi) is 5.83. The van der Waals surface area contributed by atoms with Crippen molar-refractivity contribution in [1.82, 2.24) is 25.8 Å². The first-order valence-corrected chi connectivity index (χ1v) is 8.81. The van der Waals surface area contributed by atoms with Crippen molar-refractivity contribution < 1.29 is 14.7 Å². The molecule has 1 saturated carbocycles. The number of rotatable bonds is 9. The Balaban J connectivity index is 1.50. The van der Waals surface area contributed by atoms with Crippen LogP contribution in [0.5, 0.6) is 0 Å². The third-order valence-electron chi connectivity index (χ3n) is 4.27. The van der Waals surface area contributed by atoms with Gasteiger partial charge in [-0.05, 0) is 31.2 Å². The van der Waals surface area contributed by atoms with Crippen molar-refractivity contribution >= 4 is 12.0 Å². The van der Waals surface area contributed by atoms with Gasteiger partial charge in [-0.15, -0.1) is 0 Å². The lowest BCUT2D eigenvalue weighted by atomic mass is 10.0. The van der Waals surface area contributed by atoms with Gasteiger partial charge in [0.25, 0.3) is 0 Å². The maximum absolute atomic E-state index is 12.2. The largest absolute Gasteiger partial charge is 0.481 e. The summed E-state index contributed by atoms with van der Waals surface area (Å²) in [6.45, 7) is 0.253. The molecule has 138 valence electrons. The number of urea groups is 1. The number of aromatic nitrogens is 3. The molecule has 8 nitrogen and oxygen atoms in total. The Labute approximate surface area is 151 Å². The van der Waals surface area contributed by atoms with Crippen molar-refractivity contribution in [2.45, 2.75) is 50.6 Å². The van der Waals surface area contributed by atoms with Gasteiger partial charge in [0.2, 0.25) is 0 Å². The zero-order chi connectivity index (χ0) is 18.4. The van der Waals surface area contributed by atoms with Gasteiger partial charge >= 0.3 is 12.0 Å². The second-order valence-corrected chi connectivity index (χ2v) is 6.56. The SMILES string of the molecule is O=C(O)CCC(Cc1ccccc1)NC(=O)NCc1nc(C2CC2)n[nH]1. The first-order valence-electron chi connectivity index (χ1n) is 8.81. The van der Waals surface area contributed by atoms with Crippen molar-refractivity contribution in [3.63, 3.8) is 0 Å². The standard InChI is InChI=1S/C18H23N5O3/c24-16(25)9-8-14(10-12-4-2-1-3-5-12)20-18(26)19-11-15-21-17(23-22-15)13-6-7-13/h1-5,13-14H,6-11H2,(H,24,25)(H2,19,20,26)(H,21,22,23). The number of carboxylic acid groups (broad SMARTS) is 1. The molecule has 0 spiro atoms. The number of H-pyrrole nitrogens is 1. The van der Waals surface area contributed by atoms with Crippen LogP contribution in [-0.4, -0.2) is 38.3 Å². The molecule has 1 aliphatic carbocycles. The molecule has 1 heterocycles. The summed E-state index contributed by atoms with van der Waals surface area (Å²) in [5.74, 6) is 1.01. The molecule has 1 atom stereocenters.